The maximum atomic E-state index is 11.0. The second-order valence-electron chi connectivity index (χ2n) is 2.92. The zero-order chi connectivity index (χ0) is 11.8. The monoisotopic (exact) mass is 300 g/mol. The Morgan fingerprint density at radius 2 is 2.12 bits per heavy atom. The van der Waals surface area contributed by atoms with Crippen LogP contribution in [-0.4, -0.2) is 18.3 Å². The minimum atomic E-state index is -0.279. The van der Waals surface area contributed by atoms with E-state index in [2.05, 4.69) is 15.9 Å². The molecule has 2 nitrogen and oxygen atoms in total. The molecule has 0 N–H and O–H groups in total. The lowest BCUT2D eigenvalue weighted by atomic mass is 10.4. The maximum absolute atomic E-state index is 11.0. The number of hydrogen-bond acceptors (Lipinski definition) is 3. The van der Waals surface area contributed by atoms with Crippen LogP contribution < -0.4 is 0 Å². The topological polar surface area (TPSA) is 26.3 Å². The fourth-order valence-electron chi connectivity index (χ4n) is 1.01. The fourth-order valence-corrected chi connectivity index (χ4v) is 1.99. The van der Waals surface area contributed by atoms with E-state index in [1.54, 1.807) is 18.7 Å². The highest BCUT2D eigenvalue weighted by atomic mass is 79.9. The second-order valence-corrected chi connectivity index (χ2v) is 4.93. The average Bonchev–Trinajstić information content (AvgIpc) is 2.27. The van der Waals surface area contributed by atoms with Crippen molar-refractivity contribution in [2.45, 2.75) is 11.8 Å². The first-order valence-electron chi connectivity index (χ1n) is 4.94. The maximum Gasteiger partial charge on any atom is 0.330 e. The lowest BCUT2D eigenvalue weighted by Gasteiger charge is -1.98. The predicted molar refractivity (Wildman–Crippen MR) is 70.6 cm³/mol. The number of carbonyl (C=O) groups excluding carboxylic acids is 1. The van der Waals surface area contributed by atoms with E-state index in [1.807, 2.05) is 30.3 Å². The molecule has 86 valence electrons. The van der Waals surface area contributed by atoms with E-state index in [4.69, 9.17) is 4.74 Å². The van der Waals surface area contributed by atoms with Crippen LogP contribution in [0.4, 0.5) is 0 Å². The Balaban J connectivity index is 2.30. The van der Waals surface area contributed by atoms with Gasteiger partial charge in [0.25, 0.3) is 0 Å². The first-order chi connectivity index (χ1) is 7.72. The standard InChI is InChI=1S/C12H13BrO2S/c1-2-15-12(14)4-3-9-16-11-7-5-10(13)6-8-11/h3-8H,2,9H2,1H3/b4-3+. The van der Waals surface area contributed by atoms with Crippen molar-refractivity contribution in [1.82, 2.24) is 0 Å². The predicted octanol–water partition coefficient (Wildman–Crippen LogP) is 3.66. The molecule has 0 aromatic heterocycles. The molecule has 1 aromatic rings. The van der Waals surface area contributed by atoms with Crippen LogP contribution in [0.15, 0.2) is 45.8 Å². The van der Waals surface area contributed by atoms with Crippen LogP contribution in [0.5, 0.6) is 0 Å². The van der Waals surface area contributed by atoms with Gasteiger partial charge in [0.2, 0.25) is 0 Å². The van der Waals surface area contributed by atoms with Crippen molar-refractivity contribution >= 4 is 33.7 Å². The Morgan fingerprint density at radius 1 is 1.44 bits per heavy atom. The lowest BCUT2D eigenvalue weighted by Crippen LogP contribution is -1.98. The van der Waals surface area contributed by atoms with Gasteiger partial charge in [-0.25, -0.2) is 4.79 Å². The van der Waals surface area contributed by atoms with Crippen LogP contribution in [0.25, 0.3) is 0 Å². The van der Waals surface area contributed by atoms with Crippen molar-refractivity contribution in [2.24, 2.45) is 0 Å². The first kappa shape index (κ1) is 13.3. The summed E-state index contributed by atoms with van der Waals surface area (Å²) in [5.74, 6) is 0.486. The molecule has 0 fully saturated rings. The fraction of sp³-hybridized carbons (Fsp3) is 0.250. The van der Waals surface area contributed by atoms with E-state index in [0.29, 0.717) is 6.61 Å². The SMILES string of the molecule is CCOC(=O)/C=C/CSc1ccc(Br)cc1. The third-order valence-electron chi connectivity index (χ3n) is 1.70. The third kappa shape index (κ3) is 5.37. The van der Waals surface area contributed by atoms with Gasteiger partial charge in [-0.2, -0.15) is 0 Å². The number of carbonyl (C=O) groups is 1. The van der Waals surface area contributed by atoms with Gasteiger partial charge in [-0.15, -0.1) is 11.8 Å². The molecule has 0 aliphatic heterocycles. The van der Waals surface area contributed by atoms with Crippen LogP contribution in [0.1, 0.15) is 6.92 Å². The molecule has 0 saturated heterocycles. The second kappa shape index (κ2) is 7.52. The summed E-state index contributed by atoms with van der Waals surface area (Å²) in [4.78, 5) is 12.2. The minimum absolute atomic E-state index is 0.279. The largest absolute Gasteiger partial charge is 0.463 e. The summed E-state index contributed by atoms with van der Waals surface area (Å²) in [6, 6.07) is 8.06. The molecular formula is C12H13BrO2S. The molecule has 0 saturated carbocycles. The van der Waals surface area contributed by atoms with Crippen LogP contribution in [0, 0.1) is 0 Å². The van der Waals surface area contributed by atoms with Gasteiger partial charge in [0.05, 0.1) is 6.61 Å². The van der Waals surface area contributed by atoms with Crippen molar-refractivity contribution in [2.75, 3.05) is 12.4 Å². The van der Waals surface area contributed by atoms with E-state index in [-0.39, 0.29) is 5.97 Å². The number of ether oxygens (including phenoxy) is 1. The number of esters is 1. The lowest BCUT2D eigenvalue weighted by molar-refractivity contribution is -0.137. The minimum Gasteiger partial charge on any atom is -0.463 e. The molecule has 0 aliphatic rings. The van der Waals surface area contributed by atoms with Crippen LogP contribution >= 0.6 is 27.7 Å². The number of hydrogen-bond donors (Lipinski definition) is 0. The summed E-state index contributed by atoms with van der Waals surface area (Å²) in [5.41, 5.74) is 0. The quantitative estimate of drug-likeness (QED) is 0.471. The molecule has 1 rings (SSSR count). The molecule has 4 heteroatoms. The Hall–Kier alpha value is -0.740. The van der Waals surface area contributed by atoms with Gasteiger partial charge in [-0.05, 0) is 31.2 Å². The van der Waals surface area contributed by atoms with Crippen molar-refractivity contribution in [3.05, 3.63) is 40.9 Å². The Bertz CT molecular complexity index is 360. The van der Waals surface area contributed by atoms with E-state index < -0.39 is 0 Å². The molecule has 0 amide bonds. The molecule has 0 bridgehead atoms. The molecule has 0 atom stereocenters. The average molecular weight is 301 g/mol. The van der Waals surface area contributed by atoms with Gasteiger partial charge in [0.1, 0.15) is 0 Å². The van der Waals surface area contributed by atoms with Crippen molar-refractivity contribution in [1.29, 1.82) is 0 Å². The summed E-state index contributed by atoms with van der Waals surface area (Å²) in [7, 11) is 0. The van der Waals surface area contributed by atoms with Crippen molar-refractivity contribution in [3.63, 3.8) is 0 Å². The number of thioether (sulfide) groups is 1. The Morgan fingerprint density at radius 3 is 2.75 bits per heavy atom. The van der Waals surface area contributed by atoms with E-state index in [0.717, 1.165) is 10.2 Å². The van der Waals surface area contributed by atoms with E-state index in [1.165, 1.54) is 11.0 Å². The Labute approximate surface area is 108 Å². The summed E-state index contributed by atoms with van der Waals surface area (Å²) in [6.07, 6.45) is 3.28. The first-order valence-corrected chi connectivity index (χ1v) is 6.72. The van der Waals surface area contributed by atoms with Crippen molar-refractivity contribution in [3.8, 4) is 0 Å². The molecular weight excluding hydrogens is 288 g/mol. The number of rotatable bonds is 5. The summed E-state index contributed by atoms with van der Waals surface area (Å²) < 4.78 is 5.84. The van der Waals surface area contributed by atoms with E-state index >= 15 is 0 Å². The Kier molecular flexibility index (Phi) is 6.26. The van der Waals surface area contributed by atoms with Crippen LogP contribution in [0.3, 0.4) is 0 Å². The normalized spacial score (nSPS) is 10.6. The smallest absolute Gasteiger partial charge is 0.330 e. The molecule has 0 heterocycles. The molecule has 0 aliphatic carbocycles. The summed E-state index contributed by atoms with van der Waals surface area (Å²) in [5, 5.41) is 0. The molecule has 0 unspecified atom stereocenters. The molecule has 1 aromatic carbocycles. The van der Waals surface area contributed by atoms with Crippen molar-refractivity contribution < 1.29 is 9.53 Å². The number of halogens is 1. The highest BCUT2D eigenvalue weighted by Gasteiger charge is 1.94. The van der Waals surface area contributed by atoms with E-state index in [9.17, 15) is 4.79 Å². The zero-order valence-electron chi connectivity index (χ0n) is 8.98. The zero-order valence-corrected chi connectivity index (χ0v) is 11.4. The van der Waals surface area contributed by atoms with Gasteiger partial charge in [0.15, 0.2) is 0 Å². The van der Waals surface area contributed by atoms with Gasteiger partial charge in [0, 0.05) is 21.2 Å². The number of benzene rings is 1. The van der Waals surface area contributed by atoms with Gasteiger partial charge >= 0.3 is 5.97 Å². The summed E-state index contributed by atoms with van der Waals surface area (Å²) in [6.45, 7) is 2.21. The molecule has 16 heavy (non-hydrogen) atoms. The van der Waals surface area contributed by atoms with Gasteiger partial charge in [-0.3, -0.25) is 0 Å². The molecule has 0 radical (unpaired) electrons. The van der Waals surface area contributed by atoms with Crippen LogP contribution in [-0.2, 0) is 9.53 Å². The highest BCUT2D eigenvalue weighted by molar-refractivity contribution is 9.10. The molecule has 0 spiro atoms. The van der Waals surface area contributed by atoms with Crippen LogP contribution in [0.2, 0.25) is 0 Å². The van der Waals surface area contributed by atoms with Gasteiger partial charge in [-0.1, -0.05) is 22.0 Å². The third-order valence-corrected chi connectivity index (χ3v) is 3.19. The summed E-state index contributed by atoms with van der Waals surface area (Å²) >= 11 is 5.05. The highest BCUT2D eigenvalue weighted by Crippen LogP contribution is 2.20. The van der Waals surface area contributed by atoms with Gasteiger partial charge < -0.3 is 4.74 Å².